The fraction of sp³-hybridized carbons (Fsp3) is 0.957. The number of ether oxygens (including phenoxy) is 1. The van der Waals surface area contributed by atoms with Crippen LogP contribution >= 0.6 is 0 Å². The SMILES string of the molecule is COC(=O)[C@@H](C)[C@@H]1CC[C@@H]2[C@H]3[C@H](O)C[C@H]4C[C@@H](O)CC[C@]4(C)[C@@H]3C[C@@H](O)[C@@]21C. The lowest BCUT2D eigenvalue weighted by Gasteiger charge is -2.63. The van der Waals surface area contributed by atoms with Crippen LogP contribution in [0.4, 0.5) is 0 Å². The predicted molar refractivity (Wildman–Crippen MR) is 105 cm³/mol. The number of esters is 1. The molecule has 4 rings (SSSR count). The molecule has 4 aliphatic carbocycles. The van der Waals surface area contributed by atoms with E-state index in [9.17, 15) is 20.1 Å². The lowest BCUT2D eigenvalue weighted by molar-refractivity contribution is -0.207. The lowest BCUT2D eigenvalue weighted by Crippen LogP contribution is -2.62. The zero-order chi connectivity index (χ0) is 20.4. The molecule has 0 aromatic rings. The van der Waals surface area contributed by atoms with Crippen LogP contribution in [0, 0.1) is 46.3 Å². The number of hydrogen-bond donors (Lipinski definition) is 3. The van der Waals surface area contributed by atoms with E-state index in [0.29, 0.717) is 12.3 Å². The molecule has 160 valence electrons. The van der Waals surface area contributed by atoms with Crippen LogP contribution in [0.25, 0.3) is 0 Å². The third kappa shape index (κ3) is 2.72. The van der Waals surface area contributed by atoms with Crippen LogP contribution < -0.4 is 0 Å². The summed E-state index contributed by atoms with van der Waals surface area (Å²) in [6.07, 6.45) is 4.80. The second-order valence-electron chi connectivity index (χ2n) is 10.8. The summed E-state index contributed by atoms with van der Waals surface area (Å²) in [6, 6.07) is 0. The Kier molecular flexibility index (Phi) is 5.12. The van der Waals surface area contributed by atoms with Crippen LogP contribution in [0.2, 0.25) is 0 Å². The van der Waals surface area contributed by atoms with Crippen molar-refractivity contribution < 1.29 is 24.9 Å². The zero-order valence-corrected chi connectivity index (χ0v) is 17.8. The number of hydrogen-bond acceptors (Lipinski definition) is 5. The molecule has 0 amide bonds. The summed E-state index contributed by atoms with van der Waals surface area (Å²) in [5.41, 5.74) is -0.273. The molecule has 4 fully saturated rings. The van der Waals surface area contributed by atoms with Gasteiger partial charge in [-0.25, -0.2) is 0 Å². The zero-order valence-electron chi connectivity index (χ0n) is 17.8. The molecule has 3 N–H and O–H groups in total. The van der Waals surface area contributed by atoms with Crippen molar-refractivity contribution in [2.75, 3.05) is 7.11 Å². The first kappa shape index (κ1) is 20.6. The summed E-state index contributed by atoms with van der Waals surface area (Å²) < 4.78 is 5.02. The molecule has 0 spiro atoms. The number of carbonyl (C=O) groups excluding carboxylic acids is 1. The van der Waals surface area contributed by atoms with Crippen LogP contribution in [0.1, 0.15) is 65.7 Å². The highest BCUT2D eigenvalue weighted by Gasteiger charge is 2.66. The van der Waals surface area contributed by atoms with Gasteiger partial charge < -0.3 is 20.1 Å². The number of carbonyl (C=O) groups is 1. The van der Waals surface area contributed by atoms with Gasteiger partial charge in [0.05, 0.1) is 31.3 Å². The summed E-state index contributed by atoms with van der Waals surface area (Å²) in [4.78, 5) is 12.3. The first-order valence-corrected chi connectivity index (χ1v) is 11.3. The Labute approximate surface area is 168 Å². The van der Waals surface area contributed by atoms with Gasteiger partial charge in [-0.15, -0.1) is 0 Å². The standard InChI is InChI=1S/C23H38O5/c1-12(21(27)28-4)15-5-6-16-20-17(11-19(26)23(15,16)3)22(2)8-7-14(24)9-13(22)10-18(20)25/h12-20,24-26H,5-11H2,1-4H3/t12-,13+,14-,15-,16+,17+,18+,19+,20+,22-,23+/m0/s1. The van der Waals surface area contributed by atoms with Gasteiger partial charge in [-0.2, -0.15) is 0 Å². The van der Waals surface area contributed by atoms with Crippen molar-refractivity contribution in [3.63, 3.8) is 0 Å². The maximum Gasteiger partial charge on any atom is 0.308 e. The molecule has 11 atom stereocenters. The smallest absolute Gasteiger partial charge is 0.308 e. The Bertz CT molecular complexity index is 622. The van der Waals surface area contributed by atoms with E-state index in [1.807, 2.05) is 6.92 Å². The van der Waals surface area contributed by atoms with Gasteiger partial charge >= 0.3 is 5.97 Å². The van der Waals surface area contributed by atoms with E-state index in [-0.39, 0.29) is 58.6 Å². The van der Waals surface area contributed by atoms with E-state index in [1.54, 1.807) is 0 Å². The first-order chi connectivity index (χ1) is 13.1. The molecule has 4 aliphatic rings. The van der Waals surface area contributed by atoms with Crippen LogP contribution in [0.15, 0.2) is 0 Å². The molecule has 28 heavy (non-hydrogen) atoms. The highest BCUT2D eigenvalue weighted by atomic mass is 16.5. The highest BCUT2D eigenvalue weighted by molar-refractivity contribution is 5.72. The van der Waals surface area contributed by atoms with Crippen LogP contribution in [-0.2, 0) is 9.53 Å². The first-order valence-electron chi connectivity index (χ1n) is 11.3. The number of aliphatic hydroxyl groups is 3. The van der Waals surface area contributed by atoms with Crippen molar-refractivity contribution in [3.05, 3.63) is 0 Å². The van der Waals surface area contributed by atoms with E-state index >= 15 is 0 Å². The third-order valence-corrected chi connectivity index (χ3v) is 10.0. The minimum atomic E-state index is -0.465. The van der Waals surface area contributed by atoms with Gasteiger partial charge in [0.2, 0.25) is 0 Å². The van der Waals surface area contributed by atoms with E-state index in [2.05, 4.69) is 13.8 Å². The fourth-order valence-electron chi connectivity index (χ4n) is 8.37. The van der Waals surface area contributed by atoms with E-state index in [4.69, 9.17) is 4.74 Å². The van der Waals surface area contributed by atoms with Gasteiger partial charge in [-0.3, -0.25) is 4.79 Å². The number of rotatable bonds is 2. The molecule has 0 unspecified atom stereocenters. The lowest BCUT2D eigenvalue weighted by atomic mass is 9.43. The van der Waals surface area contributed by atoms with Crippen molar-refractivity contribution in [2.24, 2.45) is 46.3 Å². The molecule has 4 saturated carbocycles. The van der Waals surface area contributed by atoms with Gasteiger partial charge in [-0.1, -0.05) is 20.8 Å². The second kappa shape index (κ2) is 6.95. The molecule has 0 aromatic heterocycles. The number of fused-ring (bicyclic) bond motifs is 5. The van der Waals surface area contributed by atoms with Gasteiger partial charge in [0.1, 0.15) is 0 Å². The molecule has 0 aromatic carbocycles. The Morgan fingerprint density at radius 1 is 1.04 bits per heavy atom. The molecular formula is C23H38O5. The average Bonchev–Trinajstić information content (AvgIpc) is 3.01. The molecule has 0 aliphatic heterocycles. The quantitative estimate of drug-likeness (QED) is 0.627. The van der Waals surface area contributed by atoms with Crippen molar-refractivity contribution in [2.45, 2.75) is 84.0 Å². The maximum absolute atomic E-state index is 12.3. The Morgan fingerprint density at radius 3 is 2.43 bits per heavy atom. The van der Waals surface area contributed by atoms with Crippen molar-refractivity contribution in [1.82, 2.24) is 0 Å². The largest absolute Gasteiger partial charge is 0.469 e. The summed E-state index contributed by atoms with van der Waals surface area (Å²) in [5, 5.41) is 32.8. The maximum atomic E-state index is 12.3. The average molecular weight is 395 g/mol. The van der Waals surface area contributed by atoms with Crippen LogP contribution in [-0.4, -0.2) is 46.7 Å². The molecule has 0 heterocycles. The van der Waals surface area contributed by atoms with Gasteiger partial charge in [-0.05, 0) is 80.0 Å². The summed E-state index contributed by atoms with van der Waals surface area (Å²) in [5.74, 6) is 0.688. The molecule has 5 nitrogen and oxygen atoms in total. The van der Waals surface area contributed by atoms with Gasteiger partial charge in [0.25, 0.3) is 0 Å². The van der Waals surface area contributed by atoms with E-state index in [1.165, 1.54) is 7.11 Å². The monoisotopic (exact) mass is 394 g/mol. The van der Waals surface area contributed by atoms with Crippen LogP contribution in [0.3, 0.4) is 0 Å². The minimum absolute atomic E-state index is 0.0808. The Hall–Kier alpha value is -0.650. The molecule has 0 radical (unpaired) electrons. The topological polar surface area (TPSA) is 87.0 Å². The molecule has 0 saturated heterocycles. The summed E-state index contributed by atoms with van der Waals surface area (Å²) >= 11 is 0. The van der Waals surface area contributed by atoms with E-state index < -0.39 is 6.10 Å². The third-order valence-electron chi connectivity index (χ3n) is 10.0. The van der Waals surface area contributed by atoms with Crippen molar-refractivity contribution in [1.29, 1.82) is 0 Å². The second-order valence-corrected chi connectivity index (χ2v) is 10.8. The molecule has 5 heteroatoms. The summed E-state index contributed by atoms with van der Waals surface area (Å²) in [7, 11) is 1.43. The Balaban J connectivity index is 1.67. The van der Waals surface area contributed by atoms with Crippen molar-refractivity contribution in [3.8, 4) is 0 Å². The normalized spacial score (nSPS) is 54.2. The minimum Gasteiger partial charge on any atom is -0.469 e. The van der Waals surface area contributed by atoms with Gasteiger partial charge in [0, 0.05) is 5.41 Å². The van der Waals surface area contributed by atoms with E-state index in [0.717, 1.165) is 38.5 Å². The fourth-order valence-corrected chi connectivity index (χ4v) is 8.37. The van der Waals surface area contributed by atoms with Gasteiger partial charge in [0.15, 0.2) is 0 Å². The molecule has 0 bridgehead atoms. The number of aliphatic hydroxyl groups excluding tert-OH is 3. The predicted octanol–water partition coefficient (Wildman–Crippen LogP) is 2.76. The Morgan fingerprint density at radius 2 is 1.75 bits per heavy atom. The molecular weight excluding hydrogens is 356 g/mol. The van der Waals surface area contributed by atoms with Crippen molar-refractivity contribution >= 4 is 5.97 Å². The highest BCUT2D eigenvalue weighted by Crippen LogP contribution is 2.68. The summed E-state index contributed by atoms with van der Waals surface area (Å²) in [6.45, 7) is 6.42. The number of methoxy groups -OCH3 is 1. The van der Waals surface area contributed by atoms with Crippen LogP contribution in [0.5, 0.6) is 0 Å².